The summed E-state index contributed by atoms with van der Waals surface area (Å²) in [6, 6.07) is 15.0. The van der Waals surface area contributed by atoms with Crippen LogP contribution in [0.25, 0.3) is 0 Å². The van der Waals surface area contributed by atoms with Crippen LogP contribution in [-0.4, -0.2) is 30.4 Å². The smallest absolute Gasteiger partial charge is 0.239 e. The van der Waals surface area contributed by atoms with Crippen LogP contribution >= 0.6 is 0 Å². The molecular weight excluding hydrogens is 353 g/mol. The SMILES string of the molecule is CN(Cc1ccccc1NCC(=O)NCc1ccc(F)cc1)C1CCCCC1. The molecule has 1 aliphatic rings. The molecule has 0 saturated heterocycles. The molecule has 0 unspecified atom stereocenters. The number of hydrogen-bond acceptors (Lipinski definition) is 3. The second-order valence-electron chi connectivity index (χ2n) is 7.62. The number of amides is 1. The number of rotatable bonds is 8. The van der Waals surface area contributed by atoms with Crippen LogP contribution in [0.5, 0.6) is 0 Å². The first-order valence-electron chi connectivity index (χ1n) is 10.1. The maximum absolute atomic E-state index is 12.9. The molecule has 1 aliphatic carbocycles. The highest BCUT2D eigenvalue weighted by Gasteiger charge is 2.18. The van der Waals surface area contributed by atoms with Gasteiger partial charge in [0.1, 0.15) is 5.82 Å². The first-order chi connectivity index (χ1) is 13.6. The lowest BCUT2D eigenvalue weighted by atomic mass is 9.94. The Morgan fingerprint density at radius 3 is 2.54 bits per heavy atom. The number of benzene rings is 2. The van der Waals surface area contributed by atoms with Crippen LogP contribution in [0.3, 0.4) is 0 Å². The van der Waals surface area contributed by atoms with Crippen LogP contribution in [0, 0.1) is 5.82 Å². The molecule has 0 spiro atoms. The molecule has 2 aromatic rings. The summed E-state index contributed by atoms with van der Waals surface area (Å²) in [5, 5.41) is 6.13. The molecule has 0 atom stereocenters. The number of hydrogen-bond donors (Lipinski definition) is 2. The van der Waals surface area contributed by atoms with Gasteiger partial charge in [-0.1, -0.05) is 49.6 Å². The highest BCUT2D eigenvalue weighted by molar-refractivity contribution is 5.80. The van der Waals surface area contributed by atoms with Crippen molar-refractivity contribution in [3.05, 3.63) is 65.5 Å². The minimum Gasteiger partial charge on any atom is -0.376 e. The fraction of sp³-hybridized carbons (Fsp3) is 0.435. The largest absolute Gasteiger partial charge is 0.376 e. The van der Waals surface area contributed by atoms with E-state index in [1.807, 2.05) is 18.2 Å². The van der Waals surface area contributed by atoms with Gasteiger partial charge in [0.2, 0.25) is 5.91 Å². The van der Waals surface area contributed by atoms with Crippen LogP contribution in [-0.2, 0) is 17.9 Å². The first kappa shape index (κ1) is 20.3. The summed E-state index contributed by atoms with van der Waals surface area (Å²) in [6.45, 7) is 1.49. The zero-order chi connectivity index (χ0) is 19.8. The molecule has 0 radical (unpaired) electrons. The number of halogens is 1. The van der Waals surface area contributed by atoms with Gasteiger partial charge in [-0.2, -0.15) is 0 Å². The minimum absolute atomic E-state index is 0.0836. The van der Waals surface area contributed by atoms with Gasteiger partial charge < -0.3 is 10.6 Å². The van der Waals surface area contributed by atoms with E-state index in [0.717, 1.165) is 17.8 Å². The van der Waals surface area contributed by atoms with Crippen LogP contribution in [0.1, 0.15) is 43.2 Å². The van der Waals surface area contributed by atoms with Gasteiger partial charge in [-0.3, -0.25) is 9.69 Å². The molecule has 1 saturated carbocycles. The van der Waals surface area contributed by atoms with E-state index >= 15 is 0 Å². The van der Waals surface area contributed by atoms with E-state index in [2.05, 4.69) is 28.6 Å². The fourth-order valence-corrected chi connectivity index (χ4v) is 3.79. The van der Waals surface area contributed by atoms with Gasteiger partial charge in [0.05, 0.1) is 6.54 Å². The second kappa shape index (κ2) is 10.2. The lowest BCUT2D eigenvalue weighted by Gasteiger charge is -2.31. The monoisotopic (exact) mass is 383 g/mol. The Balaban J connectivity index is 1.49. The Morgan fingerprint density at radius 1 is 1.07 bits per heavy atom. The normalized spacial score (nSPS) is 14.8. The average Bonchev–Trinajstić information content (AvgIpc) is 2.73. The van der Waals surface area contributed by atoms with Gasteiger partial charge in [0.25, 0.3) is 0 Å². The average molecular weight is 384 g/mol. The van der Waals surface area contributed by atoms with E-state index in [0.29, 0.717) is 12.6 Å². The third-order valence-corrected chi connectivity index (χ3v) is 5.48. The van der Waals surface area contributed by atoms with Gasteiger partial charge in [-0.15, -0.1) is 0 Å². The predicted molar refractivity (Wildman–Crippen MR) is 112 cm³/mol. The molecule has 0 aromatic heterocycles. The van der Waals surface area contributed by atoms with Crippen LogP contribution in [0.15, 0.2) is 48.5 Å². The summed E-state index contributed by atoms with van der Waals surface area (Å²) < 4.78 is 12.9. The molecule has 2 N–H and O–H groups in total. The third-order valence-electron chi connectivity index (χ3n) is 5.48. The Kier molecular flexibility index (Phi) is 7.43. The Labute approximate surface area is 167 Å². The maximum atomic E-state index is 12.9. The van der Waals surface area contributed by atoms with Crippen LogP contribution < -0.4 is 10.6 Å². The van der Waals surface area contributed by atoms with Crippen molar-refractivity contribution in [1.29, 1.82) is 0 Å². The van der Waals surface area contributed by atoms with Gasteiger partial charge in [-0.25, -0.2) is 4.39 Å². The molecule has 2 aromatic carbocycles. The van der Waals surface area contributed by atoms with Gasteiger partial charge in [-0.05, 0) is 49.2 Å². The first-order valence-corrected chi connectivity index (χ1v) is 10.1. The summed E-state index contributed by atoms with van der Waals surface area (Å²) in [6.07, 6.45) is 6.55. The molecule has 150 valence electrons. The number of nitrogens with one attached hydrogen (secondary N) is 2. The van der Waals surface area contributed by atoms with E-state index in [4.69, 9.17) is 0 Å². The summed E-state index contributed by atoms with van der Waals surface area (Å²) >= 11 is 0. The van der Waals surface area contributed by atoms with Crippen molar-refractivity contribution in [2.45, 2.75) is 51.2 Å². The van der Waals surface area contributed by atoms with Crippen molar-refractivity contribution in [3.8, 4) is 0 Å². The molecular formula is C23H30FN3O. The fourth-order valence-electron chi connectivity index (χ4n) is 3.79. The van der Waals surface area contributed by atoms with E-state index in [1.165, 1.54) is 49.8 Å². The van der Waals surface area contributed by atoms with Crippen molar-refractivity contribution in [2.24, 2.45) is 0 Å². The summed E-state index contributed by atoms with van der Waals surface area (Å²) in [5.74, 6) is -0.355. The lowest BCUT2D eigenvalue weighted by Crippen LogP contribution is -2.33. The Hall–Kier alpha value is -2.40. The van der Waals surface area contributed by atoms with Gasteiger partial charge >= 0.3 is 0 Å². The highest BCUT2D eigenvalue weighted by Crippen LogP contribution is 2.24. The lowest BCUT2D eigenvalue weighted by molar-refractivity contribution is -0.119. The Bertz CT molecular complexity index is 757. The van der Waals surface area contributed by atoms with E-state index in [-0.39, 0.29) is 18.3 Å². The number of nitrogens with zero attached hydrogens (tertiary/aromatic N) is 1. The number of carbonyl (C=O) groups is 1. The van der Waals surface area contributed by atoms with Crippen molar-refractivity contribution in [1.82, 2.24) is 10.2 Å². The summed E-state index contributed by atoms with van der Waals surface area (Å²) in [7, 11) is 2.20. The summed E-state index contributed by atoms with van der Waals surface area (Å²) in [5.41, 5.74) is 3.09. The molecule has 3 rings (SSSR count). The zero-order valence-corrected chi connectivity index (χ0v) is 16.6. The van der Waals surface area contributed by atoms with E-state index in [9.17, 15) is 9.18 Å². The molecule has 0 aliphatic heterocycles. The number of anilines is 1. The zero-order valence-electron chi connectivity index (χ0n) is 16.6. The van der Waals surface area contributed by atoms with Crippen molar-refractivity contribution < 1.29 is 9.18 Å². The van der Waals surface area contributed by atoms with E-state index in [1.54, 1.807) is 12.1 Å². The summed E-state index contributed by atoms with van der Waals surface area (Å²) in [4.78, 5) is 14.6. The van der Waals surface area contributed by atoms with E-state index < -0.39 is 0 Å². The molecule has 0 heterocycles. The molecule has 0 bridgehead atoms. The maximum Gasteiger partial charge on any atom is 0.239 e. The van der Waals surface area contributed by atoms with Gasteiger partial charge in [0, 0.05) is 24.8 Å². The molecule has 4 nitrogen and oxygen atoms in total. The number of carbonyl (C=O) groups excluding carboxylic acids is 1. The quantitative estimate of drug-likeness (QED) is 0.714. The highest BCUT2D eigenvalue weighted by atomic mass is 19.1. The Morgan fingerprint density at radius 2 is 1.79 bits per heavy atom. The van der Waals surface area contributed by atoms with Crippen LogP contribution in [0.4, 0.5) is 10.1 Å². The number of para-hydroxylation sites is 1. The van der Waals surface area contributed by atoms with Crippen LogP contribution in [0.2, 0.25) is 0 Å². The third kappa shape index (κ3) is 6.06. The molecule has 1 fully saturated rings. The van der Waals surface area contributed by atoms with Crippen molar-refractivity contribution in [2.75, 3.05) is 18.9 Å². The molecule has 5 heteroatoms. The van der Waals surface area contributed by atoms with Crippen molar-refractivity contribution in [3.63, 3.8) is 0 Å². The van der Waals surface area contributed by atoms with Crippen molar-refractivity contribution >= 4 is 11.6 Å². The predicted octanol–water partition coefficient (Wildman–Crippen LogP) is 4.32. The standard InChI is InChI=1S/C23H30FN3O/c1-27(21-8-3-2-4-9-21)17-19-7-5-6-10-22(19)25-16-23(28)26-15-18-11-13-20(24)14-12-18/h5-7,10-14,21,25H,2-4,8-9,15-17H2,1H3,(H,26,28). The minimum atomic E-state index is -0.272. The second-order valence-corrected chi connectivity index (χ2v) is 7.62. The molecule has 1 amide bonds. The van der Waals surface area contributed by atoms with Gasteiger partial charge in [0.15, 0.2) is 0 Å². The molecule has 28 heavy (non-hydrogen) atoms. The topological polar surface area (TPSA) is 44.4 Å².